The molecule has 0 bridgehead atoms. The zero-order chi connectivity index (χ0) is 21.6. The summed E-state index contributed by atoms with van der Waals surface area (Å²) in [5, 5.41) is 0.0537. The van der Waals surface area contributed by atoms with Crippen LogP contribution in [0, 0.1) is 5.82 Å². The van der Waals surface area contributed by atoms with Crippen molar-refractivity contribution >= 4 is 50.9 Å². The van der Waals surface area contributed by atoms with Crippen LogP contribution < -0.4 is 10.5 Å². The van der Waals surface area contributed by atoms with E-state index in [-0.39, 0.29) is 38.0 Å². The van der Waals surface area contributed by atoms with E-state index in [0.717, 1.165) is 0 Å². The maximum absolute atomic E-state index is 14.3. The van der Waals surface area contributed by atoms with Crippen molar-refractivity contribution in [2.45, 2.75) is 12.3 Å². The number of benzene rings is 2. The highest BCUT2D eigenvalue weighted by molar-refractivity contribution is 9.10. The van der Waals surface area contributed by atoms with Gasteiger partial charge in [-0.3, -0.25) is 9.36 Å². The minimum absolute atomic E-state index is 0.0537. The van der Waals surface area contributed by atoms with Crippen molar-refractivity contribution in [1.29, 1.82) is 0 Å². The molecule has 154 valence electrons. The monoisotopic (exact) mass is 509 g/mol. The van der Waals surface area contributed by atoms with Gasteiger partial charge in [0.2, 0.25) is 5.91 Å². The van der Waals surface area contributed by atoms with Gasteiger partial charge in [0.05, 0.1) is 4.70 Å². The summed E-state index contributed by atoms with van der Waals surface area (Å²) in [4.78, 5) is 28.8. The fraction of sp³-hybridized carbons (Fsp3) is 0.118. The maximum atomic E-state index is 14.3. The van der Waals surface area contributed by atoms with Gasteiger partial charge in [-0.25, -0.2) is 4.39 Å². The largest absolute Gasteiger partial charge is 0.487 e. The lowest BCUT2D eigenvalue weighted by Gasteiger charge is -2.16. The highest BCUT2D eigenvalue weighted by Gasteiger charge is 2.53. The van der Waals surface area contributed by atoms with Crippen LogP contribution in [0.4, 0.5) is 13.2 Å². The molecule has 29 heavy (non-hydrogen) atoms. The van der Waals surface area contributed by atoms with Crippen molar-refractivity contribution in [3.8, 4) is 5.75 Å². The van der Waals surface area contributed by atoms with E-state index in [1.165, 1.54) is 30.3 Å². The zero-order valence-electron chi connectivity index (χ0n) is 14.2. The van der Waals surface area contributed by atoms with Crippen molar-refractivity contribution in [2.24, 2.45) is 5.73 Å². The van der Waals surface area contributed by atoms with Crippen LogP contribution in [0.2, 0.25) is 0 Å². The molecular weight excluding hydrogens is 498 g/mol. The van der Waals surface area contributed by atoms with Crippen LogP contribution in [0.1, 0.15) is 20.8 Å². The number of primary amides is 1. The molecule has 0 unspecified atom stereocenters. The normalized spacial score (nSPS) is 12.3. The summed E-state index contributed by atoms with van der Waals surface area (Å²) in [7, 11) is -5.82. The quantitative estimate of drug-likeness (QED) is 0.417. The summed E-state index contributed by atoms with van der Waals surface area (Å²) in [6, 6.07) is 8.15. The van der Waals surface area contributed by atoms with Crippen molar-refractivity contribution < 1.29 is 37.1 Å². The van der Waals surface area contributed by atoms with Gasteiger partial charge in [0.25, 0.3) is 0 Å². The highest BCUT2D eigenvalue weighted by Crippen LogP contribution is 2.63. The summed E-state index contributed by atoms with van der Waals surface area (Å²) < 4.78 is 59.0. The molecule has 3 aromatic rings. The van der Waals surface area contributed by atoms with E-state index in [1.54, 1.807) is 6.07 Å². The molecule has 2 aromatic carbocycles. The molecule has 0 aliphatic rings. The molecule has 0 aliphatic carbocycles. The zero-order valence-corrected chi connectivity index (χ0v) is 17.5. The van der Waals surface area contributed by atoms with E-state index < -0.39 is 29.9 Å². The third-order valence-electron chi connectivity index (χ3n) is 3.96. The van der Waals surface area contributed by atoms with Crippen LogP contribution in [0.5, 0.6) is 5.75 Å². The lowest BCUT2D eigenvalue weighted by molar-refractivity contribution is 0.0595. The summed E-state index contributed by atoms with van der Waals surface area (Å²) in [6.45, 7) is -0.274. The number of halogens is 4. The van der Waals surface area contributed by atoms with Crippen LogP contribution in [0.25, 0.3) is 10.1 Å². The average molecular weight is 510 g/mol. The Morgan fingerprint density at radius 1 is 1.28 bits per heavy atom. The van der Waals surface area contributed by atoms with Gasteiger partial charge in [0, 0.05) is 21.0 Å². The van der Waals surface area contributed by atoms with Crippen LogP contribution in [-0.2, 0) is 16.8 Å². The summed E-state index contributed by atoms with van der Waals surface area (Å²) >= 11 is 3.31. The van der Waals surface area contributed by atoms with Crippen molar-refractivity contribution in [1.82, 2.24) is 0 Å². The van der Waals surface area contributed by atoms with Gasteiger partial charge in [-0.05, 0) is 34.1 Å². The van der Waals surface area contributed by atoms with Gasteiger partial charge >= 0.3 is 13.3 Å². The Bertz CT molecular complexity index is 1160. The first-order chi connectivity index (χ1) is 13.4. The van der Waals surface area contributed by atoms with E-state index in [2.05, 4.69) is 15.9 Å². The van der Waals surface area contributed by atoms with Crippen molar-refractivity contribution in [3.63, 3.8) is 0 Å². The van der Waals surface area contributed by atoms with E-state index in [1.807, 2.05) is 0 Å². The topological polar surface area (TPSA) is 110 Å². The van der Waals surface area contributed by atoms with Crippen molar-refractivity contribution in [2.75, 3.05) is 0 Å². The standard InChI is InChI=1S/C17H12BrF3NO5PS/c18-13-10-5-9(16(22)23)6-12(27-7-8-3-1-2-4-11(8)19)14(10)29-15(13)17(20,21)28(24,25)26/h1-6H,7H2,(H2,22,23)(H2,24,25,26). The van der Waals surface area contributed by atoms with E-state index in [0.29, 0.717) is 11.3 Å². The molecule has 0 fully saturated rings. The number of hydrogen-bond acceptors (Lipinski definition) is 4. The molecule has 0 spiro atoms. The molecule has 3 rings (SSSR count). The SMILES string of the molecule is NC(=O)c1cc(OCc2ccccc2F)c2sc(C(F)(F)P(=O)(O)O)c(Br)c2c1. The molecule has 0 radical (unpaired) electrons. The van der Waals surface area contributed by atoms with Crippen molar-refractivity contribution in [3.05, 3.63) is 62.7 Å². The molecule has 1 amide bonds. The second-order valence-corrected chi connectivity index (χ2v) is 9.39. The maximum Gasteiger partial charge on any atom is 0.400 e. The Hall–Kier alpha value is -1.91. The van der Waals surface area contributed by atoms with E-state index >= 15 is 0 Å². The number of ether oxygens (including phenoxy) is 1. The Kier molecular flexibility index (Phi) is 5.81. The lowest BCUT2D eigenvalue weighted by Crippen LogP contribution is -2.12. The van der Waals surface area contributed by atoms with Gasteiger partial charge in [0.15, 0.2) is 0 Å². The second-order valence-electron chi connectivity index (χ2n) is 5.93. The molecule has 12 heteroatoms. The van der Waals surface area contributed by atoms with Gasteiger partial charge in [0.1, 0.15) is 23.1 Å². The predicted octanol–water partition coefficient (Wildman–Crippen LogP) is 4.71. The smallest absolute Gasteiger partial charge is 0.400 e. The number of rotatable bonds is 6. The molecule has 0 aliphatic heterocycles. The third-order valence-corrected chi connectivity index (χ3v) is 7.44. The lowest BCUT2D eigenvalue weighted by atomic mass is 10.1. The number of carbonyl (C=O) groups is 1. The molecule has 0 saturated heterocycles. The molecule has 0 saturated carbocycles. The molecule has 1 heterocycles. The fourth-order valence-corrected chi connectivity index (χ4v) is 5.46. The molecule has 1 aromatic heterocycles. The highest BCUT2D eigenvalue weighted by atomic mass is 79.9. The second kappa shape index (κ2) is 7.73. The van der Waals surface area contributed by atoms with E-state index in [4.69, 9.17) is 20.3 Å². The molecular formula is C17H12BrF3NO5PS. The number of thiophene rings is 1. The predicted molar refractivity (Wildman–Crippen MR) is 105 cm³/mol. The Morgan fingerprint density at radius 3 is 2.52 bits per heavy atom. The number of nitrogens with two attached hydrogens (primary N) is 1. The molecule has 0 atom stereocenters. The molecule has 6 nitrogen and oxygen atoms in total. The van der Waals surface area contributed by atoms with Crippen LogP contribution in [0.3, 0.4) is 0 Å². The number of fused-ring (bicyclic) bond motifs is 1. The minimum atomic E-state index is -5.82. The van der Waals surface area contributed by atoms with Gasteiger partial charge in [-0.2, -0.15) is 8.78 Å². The first-order valence-corrected chi connectivity index (χ1v) is 11.0. The fourth-order valence-electron chi connectivity index (χ4n) is 2.49. The van der Waals surface area contributed by atoms with Crippen LogP contribution in [0.15, 0.2) is 40.9 Å². The molecule has 4 N–H and O–H groups in total. The number of hydrogen-bond donors (Lipinski definition) is 3. The number of carbonyl (C=O) groups excluding carboxylic acids is 1. The Labute approximate surface area is 174 Å². The summed E-state index contributed by atoms with van der Waals surface area (Å²) in [5.74, 6) is -1.47. The van der Waals surface area contributed by atoms with Gasteiger partial charge in [-0.15, -0.1) is 11.3 Å². The Balaban J connectivity index is 2.16. The summed E-state index contributed by atoms with van der Waals surface area (Å²) in [6.07, 6.45) is 0. The first-order valence-electron chi connectivity index (χ1n) is 7.79. The van der Waals surface area contributed by atoms with Gasteiger partial charge in [-0.1, -0.05) is 18.2 Å². The third kappa shape index (κ3) is 4.06. The minimum Gasteiger partial charge on any atom is -0.487 e. The van der Waals surface area contributed by atoms with Gasteiger partial charge < -0.3 is 20.3 Å². The first kappa shape index (κ1) is 21.8. The number of alkyl halides is 2. The Morgan fingerprint density at radius 2 is 1.93 bits per heavy atom. The number of amides is 1. The summed E-state index contributed by atoms with van der Waals surface area (Å²) in [5.41, 5.74) is 0.915. The average Bonchev–Trinajstić information content (AvgIpc) is 2.97. The van der Waals surface area contributed by atoms with E-state index in [9.17, 15) is 22.5 Å². The van der Waals surface area contributed by atoms with Crippen LogP contribution in [-0.4, -0.2) is 15.7 Å². The van der Waals surface area contributed by atoms with Crippen LogP contribution >= 0.6 is 34.9 Å².